The SMILES string of the molecule is COc1ccc(Cc2c(C)nc(C)nc2N2CCN(C(=O)Nc3ccccc3C(F)(F)F)CC2)cc1. The van der Waals surface area contributed by atoms with Gasteiger partial charge in [-0.1, -0.05) is 24.3 Å². The minimum atomic E-state index is -4.55. The Balaban J connectivity index is 1.47. The van der Waals surface area contributed by atoms with Gasteiger partial charge in [-0.3, -0.25) is 0 Å². The summed E-state index contributed by atoms with van der Waals surface area (Å²) in [7, 11) is 1.63. The van der Waals surface area contributed by atoms with E-state index in [4.69, 9.17) is 9.72 Å². The van der Waals surface area contributed by atoms with Crippen molar-refractivity contribution >= 4 is 17.5 Å². The number of anilines is 2. The van der Waals surface area contributed by atoms with Crippen LogP contribution in [-0.2, 0) is 12.6 Å². The second kappa shape index (κ2) is 10.4. The number of carbonyl (C=O) groups is 1. The average molecular weight is 500 g/mol. The summed E-state index contributed by atoms with van der Waals surface area (Å²) >= 11 is 0. The molecule has 1 saturated heterocycles. The molecular weight excluding hydrogens is 471 g/mol. The molecule has 1 aliphatic rings. The first-order valence-corrected chi connectivity index (χ1v) is 11.6. The lowest BCUT2D eigenvalue weighted by molar-refractivity contribution is -0.136. The number of para-hydroxylation sites is 1. The third-order valence-corrected chi connectivity index (χ3v) is 6.18. The molecular formula is C26H28F3N5O2. The number of methoxy groups -OCH3 is 1. The number of hydrogen-bond donors (Lipinski definition) is 1. The number of benzene rings is 2. The number of amides is 2. The van der Waals surface area contributed by atoms with E-state index in [-0.39, 0.29) is 5.69 Å². The third-order valence-electron chi connectivity index (χ3n) is 6.18. The first-order chi connectivity index (χ1) is 17.2. The highest BCUT2D eigenvalue weighted by Gasteiger charge is 2.34. The normalized spacial score (nSPS) is 14.1. The number of nitrogens with zero attached hydrogens (tertiary/aromatic N) is 4. The van der Waals surface area contributed by atoms with Gasteiger partial charge in [0.05, 0.1) is 18.4 Å². The van der Waals surface area contributed by atoms with E-state index in [0.29, 0.717) is 38.4 Å². The van der Waals surface area contributed by atoms with Crippen molar-refractivity contribution in [3.63, 3.8) is 0 Å². The number of ether oxygens (including phenoxy) is 1. The first-order valence-electron chi connectivity index (χ1n) is 11.6. The summed E-state index contributed by atoms with van der Waals surface area (Å²) < 4.78 is 45.1. The Hall–Kier alpha value is -3.82. The second-order valence-corrected chi connectivity index (χ2v) is 8.63. The summed E-state index contributed by atoms with van der Waals surface area (Å²) in [6.45, 7) is 5.50. The second-order valence-electron chi connectivity index (χ2n) is 8.63. The minimum Gasteiger partial charge on any atom is -0.497 e. The van der Waals surface area contributed by atoms with Crippen LogP contribution in [0.3, 0.4) is 0 Å². The predicted octanol–water partition coefficient (Wildman–Crippen LogP) is 5.07. The lowest BCUT2D eigenvalue weighted by atomic mass is 10.0. The summed E-state index contributed by atoms with van der Waals surface area (Å²) in [6, 6.07) is 12.2. The van der Waals surface area contributed by atoms with Crippen molar-refractivity contribution in [1.29, 1.82) is 0 Å². The molecule has 0 unspecified atom stereocenters. The van der Waals surface area contributed by atoms with E-state index in [1.807, 2.05) is 38.1 Å². The standard InChI is InChI=1S/C26H28F3N5O2/c1-17-21(16-19-8-10-20(36-3)11-9-19)24(31-18(2)30-17)33-12-14-34(15-13-33)25(35)32-23-7-5-4-6-22(23)26(27,28)29/h4-11H,12-16H2,1-3H3,(H,32,35). The van der Waals surface area contributed by atoms with E-state index in [1.165, 1.54) is 23.1 Å². The topological polar surface area (TPSA) is 70.6 Å². The van der Waals surface area contributed by atoms with Crippen LogP contribution in [0, 0.1) is 13.8 Å². The molecule has 0 bridgehead atoms. The zero-order valence-corrected chi connectivity index (χ0v) is 20.4. The number of rotatable bonds is 5. The van der Waals surface area contributed by atoms with Gasteiger partial charge < -0.3 is 19.9 Å². The molecule has 0 aliphatic carbocycles. The van der Waals surface area contributed by atoms with Gasteiger partial charge in [-0.25, -0.2) is 14.8 Å². The zero-order valence-electron chi connectivity index (χ0n) is 20.4. The number of halogens is 3. The molecule has 1 aromatic heterocycles. The maximum atomic E-state index is 13.3. The molecule has 190 valence electrons. The van der Waals surface area contributed by atoms with Crippen LogP contribution in [0.5, 0.6) is 5.75 Å². The van der Waals surface area contributed by atoms with Crippen LogP contribution in [0.4, 0.5) is 29.5 Å². The molecule has 0 atom stereocenters. The predicted molar refractivity (Wildman–Crippen MR) is 132 cm³/mol. The van der Waals surface area contributed by atoms with Crippen molar-refractivity contribution in [2.45, 2.75) is 26.4 Å². The molecule has 10 heteroatoms. The number of alkyl halides is 3. The molecule has 7 nitrogen and oxygen atoms in total. The lowest BCUT2D eigenvalue weighted by Gasteiger charge is -2.36. The Morgan fingerprint density at radius 2 is 1.67 bits per heavy atom. The largest absolute Gasteiger partial charge is 0.497 e. The molecule has 2 heterocycles. The van der Waals surface area contributed by atoms with Crippen LogP contribution in [-0.4, -0.2) is 54.2 Å². The summed E-state index contributed by atoms with van der Waals surface area (Å²) in [4.78, 5) is 25.6. The molecule has 1 fully saturated rings. The molecule has 0 spiro atoms. The highest BCUT2D eigenvalue weighted by atomic mass is 19.4. The fourth-order valence-electron chi connectivity index (χ4n) is 4.29. The Morgan fingerprint density at radius 1 is 1.00 bits per heavy atom. The molecule has 0 radical (unpaired) electrons. The number of aryl methyl sites for hydroxylation is 2. The van der Waals surface area contributed by atoms with Crippen molar-refractivity contribution in [1.82, 2.24) is 14.9 Å². The van der Waals surface area contributed by atoms with Gasteiger partial charge in [0.1, 0.15) is 17.4 Å². The van der Waals surface area contributed by atoms with Gasteiger partial charge >= 0.3 is 12.2 Å². The van der Waals surface area contributed by atoms with Gasteiger partial charge in [0, 0.05) is 43.9 Å². The number of carbonyl (C=O) groups excluding carboxylic acids is 1. The average Bonchev–Trinajstić information content (AvgIpc) is 2.85. The summed E-state index contributed by atoms with van der Waals surface area (Å²) in [6.07, 6.45) is -3.91. The molecule has 0 saturated carbocycles. The third kappa shape index (κ3) is 5.69. The molecule has 3 aromatic rings. The van der Waals surface area contributed by atoms with Crippen LogP contribution < -0.4 is 15.0 Å². The Bertz CT molecular complexity index is 1220. The van der Waals surface area contributed by atoms with Gasteiger partial charge in [-0.05, 0) is 43.7 Å². The monoisotopic (exact) mass is 499 g/mol. The first kappa shape index (κ1) is 25.3. The van der Waals surface area contributed by atoms with Crippen LogP contribution >= 0.6 is 0 Å². The van der Waals surface area contributed by atoms with Gasteiger partial charge in [0.2, 0.25) is 0 Å². The number of aromatic nitrogens is 2. The van der Waals surface area contributed by atoms with Gasteiger partial charge in [-0.15, -0.1) is 0 Å². The highest BCUT2D eigenvalue weighted by molar-refractivity contribution is 5.90. The molecule has 2 aromatic carbocycles. The highest BCUT2D eigenvalue weighted by Crippen LogP contribution is 2.34. The van der Waals surface area contributed by atoms with E-state index in [9.17, 15) is 18.0 Å². The molecule has 1 N–H and O–H groups in total. The number of urea groups is 1. The van der Waals surface area contributed by atoms with E-state index < -0.39 is 17.8 Å². The molecule has 36 heavy (non-hydrogen) atoms. The van der Waals surface area contributed by atoms with Gasteiger partial charge in [-0.2, -0.15) is 13.2 Å². The quantitative estimate of drug-likeness (QED) is 0.531. The van der Waals surface area contributed by atoms with Crippen molar-refractivity contribution in [2.24, 2.45) is 0 Å². The van der Waals surface area contributed by atoms with E-state index in [0.717, 1.165) is 34.5 Å². The van der Waals surface area contributed by atoms with Crippen molar-refractivity contribution < 1.29 is 22.7 Å². The molecule has 1 aliphatic heterocycles. The van der Waals surface area contributed by atoms with E-state index >= 15 is 0 Å². The maximum Gasteiger partial charge on any atom is 0.418 e. The minimum absolute atomic E-state index is 0.249. The summed E-state index contributed by atoms with van der Waals surface area (Å²) in [5.74, 6) is 2.26. The number of piperazine rings is 1. The van der Waals surface area contributed by atoms with E-state index in [1.54, 1.807) is 7.11 Å². The van der Waals surface area contributed by atoms with Crippen molar-refractivity contribution in [3.05, 3.63) is 76.7 Å². The van der Waals surface area contributed by atoms with Gasteiger partial charge in [0.25, 0.3) is 0 Å². The Morgan fingerprint density at radius 3 is 2.31 bits per heavy atom. The summed E-state index contributed by atoms with van der Waals surface area (Å²) in [5, 5.41) is 2.43. The Labute approximate surface area is 207 Å². The zero-order chi connectivity index (χ0) is 25.9. The van der Waals surface area contributed by atoms with Gasteiger partial charge in [0.15, 0.2) is 0 Å². The van der Waals surface area contributed by atoms with E-state index in [2.05, 4.69) is 15.2 Å². The lowest BCUT2D eigenvalue weighted by Crippen LogP contribution is -2.50. The number of nitrogens with one attached hydrogen (secondary N) is 1. The van der Waals surface area contributed by atoms with Crippen molar-refractivity contribution in [2.75, 3.05) is 43.5 Å². The Kier molecular flexibility index (Phi) is 7.32. The fourth-order valence-corrected chi connectivity index (χ4v) is 4.29. The van der Waals surface area contributed by atoms with Crippen LogP contribution in [0.15, 0.2) is 48.5 Å². The maximum absolute atomic E-state index is 13.3. The molecule has 4 rings (SSSR count). The van der Waals surface area contributed by atoms with Crippen LogP contribution in [0.2, 0.25) is 0 Å². The molecule has 2 amide bonds. The van der Waals surface area contributed by atoms with Crippen LogP contribution in [0.25, 0.3) is 0 Å². The van der Waals surface area contributed by atoms with Crippen LogP contribution in [0.1, 0.15) is 28.2 Å². The van der Waals surface area contributed by atoms with Crippen molar-refractivity contribution in [3.8, 4) is 5.75 Å². The summed E-state index contributed by atoms with van der Waals surface area (Å²) in [5.41, 5.74) is 1.86. The smallest absolute Gasteiger partial charge is 0.418 e. The fraction of sp³-hybridized carbons (Fsp3) is 0.346. The number of hydrogen-bond acceptors (Lipinski definition) is 5.